The predicted molar refractivity (Wildman–Crippen MR) is 44.5 cm³/mol. The smallest absolute Gasteiger partial charge is 0.0840 e. The van der Waals surface area contributed by atoms with Gasteiger partial charge in [0.15, 0.2) is 0 Å². The quantitative estimate of drug-likeness (QED) is 0.651. The van der Waals surface area contributed by atoms with E-state index in [1.165, 1.54) is 0 Å². The molecule has 0 aromatic carbocycles. The minimum atomic E-state index is -0.164. The van der Waals surface area contributed by atoms with E-state index in [2.05, 4.69) is 16.4 Å². The SMILES string of the molecule is Cn1cc(CC(C#N)CCl)nn1. The molecule has 1 aromatic rings. The first kappa shape index (κ1) is 9.01. The molecule has 0 aliphatic heterocycles. The van der Waals surface area contributed by atoms with Crippen LogP contribution in [-0.2, 0) is 13.5 Å². The molecule has 1 aromatic heterocycles. The molecule has 0 N–H and O–H groups in total. The van der Waals surface area contributed by atoms with Crippen molar-refractivity contribution < 1.29 is 0 Å². The summed E-state index contributed by atoms with van der Waals surface area (Å²) in [6, 6.07) is 2.10. The molecule has 0 fully saturated rings. The van der Waals surface area contributed by atoms with Crippen LogP contribution in [0, 0.1) is 17.2 Å². The van der Waals surface area contributed by atoms with Crippen molar-refractivity contribution in [2.75, 3.05) is 5.88 Å². The number of halogens is 1. The molecule has 1 unspecified atom stereocenters. The summed E-state index contributed by atoms with van der Waals surface area (Å²) in [4.78, 5) is 0. The topological polar surface area (TPSA) is 54.5 Å². The maximum Gasteiger partial charge on any atom is 0.0840 e. The Hall–Kier alpha value is -1.08. The van der Waals surface area contributed by atoms with Crippen molar-refractivity contribution in [3.8, 4) is 6.07 Å². The lowest BCUT2D eigenvalue weighted by atomic mass is 10.1. The maximum absolute atomic E-state index is 8.60. The van der Waals surface area contributed by atoms with Crippen molar-refractivity contribution in [1.82, 2.24) is 15.0 Å². The fourth-order valence-electron chi connectivity index (χ4n) is 0.876. The Labute approximate surface area is 75.7 Å². The van der Waals surface area contributed by atoms with Gasteiger partial charge in [-0.05, 0) is 0 Å². The van der Waals surface area contributed by atoms with Crippen LogP contribution in [0.5, 0.6) is 0 Å². The molecule has 4 nitrogen and oxygen atoms in total. The summed E-state index contributed by atoms with van der Waals surface area (Å²) in [6.45, 7) is 0. The van der Waals surface area contributed by atoms with Crippen LogP contribution in [0.15, 0.2) is 6.20 Å². The minimum absolute atomic E-state index is 0.164. The number of rotatable bonds is 3. The van der Waals surface area contributed by atoms with E-state index in [0.29, 0.717) is 12.3 Å². The Bertz CT molecular complexity index is 288. The molecule has 0 aliphatic carbocycles. The third-order valence-electron chi connectivity index (χ3n) is 1.47. The zero-order valence-electron chi connectivity index (χ0n) is 6.74. The monoisotopic (exact) mass is 184 g/mol. The van der Waals surface area contributed by atoms with E-state index in [1.54, 1.807) is 17.9 Å². The van der Waals surface area contributed by atoms with Gasteiger partial charge in [-0.3, -0.25) is 4.68 Å². The Morgan fingerprint density at radius 1 is 1.83 bits per heavy atom. The highest BCUT2D eigenvalue weighted by Crippen LogP contribution is 2.05. The lowest BCUT2D eigenvalue weighted by Crippen LogP contribution is -2.03. The summed E-state index contributed by atoms with van der Waals surface area (Å²) in [5, 5.41) is 16.2. The van der Waals surface area contributed by atoms with Gasteiger partial charge in [0.2, 0.25) is 0 Å². The summed E-state index contributed by atoms with van der Waals surface area (Å²) in [6.07, 6.45) is 2.37. The second-order valence-corrected chi connectivity index (χ2v) is 2.88. The third-order valence-corrected chi connectivity index (χ3v) is 1.85. The second kappa shape index (κ2) is 4.07. The number of nitriles is 1. The molecule has 0 amide bonds. The molecule has 0 spiro atoms. The zero-order chi connectivity index (χ0) is 8.97. The van der Waals surface area contributed by atoms with E-state index in [-0.39, 0.29) is 5.92 Å². The number of nitrogens with zero attached hydrogens (tertiary/aromatic N) is 4. The summed E-state index contributed by atoms with van der Waals surface area (Å²) >= 11 is 5.55. The van der Waals surface area contributed by atoms with Crippen LogP contribution >= 0.6 is 11.6 Å². The van der Waals surface area contributed by atoms with Gasteiger partial charge in [0.1, 0.15) is 0 Å². The summed E-state index contributed by atoms with van der Waals surface area (Å²) < 4.78 is 1.61. The van der Waals surface area contributed by atoms with Crippen molar-refractivity contribution in [3.05, 3.63) is 11.9 Å². The van der Waals surface area contributed by atoms with E-state index in [0.717, 1.165) is 5.69 Å². The van der Waals surface area contributed by atoms with Crippen LogP contribution in [0.1, 0.15) is 5.69 Å². The Balaban J connectivity index is 2.58. The number of aromatic nitrogens is 3. The fraction of sp³-hybridized carbons (Fsp3) is 0.571. The summed E-state index contributed by atoms with van der Waals surface area (Å²) in [7, 11) is 1.79. The standard InChI is InChI=1S/C7H9ClN4/c1-12-5-7(10-11-12)2-6(3-8)4-9/h5-6H,2-3H2,1H3. The van der Waals surface area contributed by atoms with Gasteiger partial charge in [0.25, 0.3) is 0 Å². The van der Waals surface area contributed by atoms with Crippen molar-refractivity contribution in [2.24, 2.45) is 13.0 Å². The van der Waals surface area contributed by atoms with Gasteiger partial charge in [-0.15, -0.1) is 16.7 Å². The molecular weight excluding hydrogens is 176 g/mol. The number of hydrogen-bond acceptors (Lipinski definition) is 3. The van der Waals surface area contributed by atoms with E-state index in [1.807, 2.05) is 0 Å². The van der Waals surface area contributed by atoms with Gasteiger partial charge in [-0.1, -0.05) is 5.21 Å². The molecule has 0 saturated heterocycles. The molecule has 1 atom stereocenters. The lowest BCUT2D eigenvalue weighted by Gasteiger charge is -1.98. The van der Waals surface area contributed by atoms with Crippen molar-refractivity contribution >= 4 is 11.6 Å². The predicted octanol–water partition coefficient (Wildman–Crippen LogP) is 0.736. The number of hydrogen-bond donors (Lipinski definition) is 0. The van der Waals surface area contributed by atoms with Gasteiger partial charge in [0.05, 0.1) is 17.7 Å². The van der Waals surface area contributed by atoms with E-state index < -0.39 is 0 Å². The van der Waals surface area contributed by atoms with Crippen molar-refractivity contribution in [2.45, 2.75) is 6.42 Å². The third kappa shape index (κ3) is 2.21. The minimum Gasteiger partial charge on any atom is -0.255 e. The van der Waals surface area contributed by atoms with Crippen molar-refractivity contribution in [1.29, 1.82) is 5.26 Å². The van der Waals surface area contributed by atoms with E-state index in [9.17, 15) is 0 Å². The summed E-state index contributed by atoms with van der Waals surface area (Å²) in [5.41, 5.74) is 0.810. The molecule has 1 heterocycles. The van der Waals surface area contributed by atoms with Crippen molar-refractivity contribution in [3.63, 3.8) is 0 Å². The Kier molecular flexibility index (Phi) is 3.06. The first-order chi connectivity index (χ1) is 5.76. The largest absolute Gasteiger partial charge is 0.255 e. The van der Waals surface area contributed by atoms with Gasteiger partial charge in [0, 0.05) is 25.5 Å². The van der Waals surface area contributed by atoms with Gasteiger partial charge in [-0.25, -0.2) is 0 Å². The molecule has 0 bridgehead atoms. The first-order valence-corrected chi connectivity index (χ1v) is 4.10. The van der Waals surface area contributed by atoms with Crippen LogP contribution in [0.3, 0.4) is 0 Å². The molecule has 1 rings (SSSR count). The summed E-state index contributed by atoms with van der Waals surface area (Å²) in [5.74, 6) is 0.177. The van der Waals surface area contributed by atoms with Gasteiger partial charge in [-0.2, -0.15) is 5.26 Å². The molecule has 0 saturated carbocycles. The Morgan fingerprint density at radius 2 is 2.58 bits per heavy atom. The van der Waals surface area contributed by atoms with Crippen LogP contribution in [0.4, 0.5) is 0 Å². The normalized spacial score (nSPS) is 12.4. The molecule has 12 heavy (non-hydrogen) atoms. The zero-order valence-corrected chi connectivity index (χ0v) is 7.49. The Morgan fingerprint density at radius 3 is 3.00 bits per heavy atom. The maximum atomic E-state index is 8.60. The van der Waals surface area contributed by atoms with E-state index >= 15 is 0 Å². The molecule has 0 aliphatic rings. The highest BCUT2D eigenvalue weighted by Gasteiger charge is 2.08. The number of alkyl halides is 1. The van der Waals surface area contributed by atoms with Crippen LogP contribution in [0.2, 0.25) is 0 Å². The highest BCUT2D eigenvalue weighted by molar-refractivity contribution is 6.18. The highest BCUT2D eigenvalue weighted by atomic mass is 35.5. The van der Waals surface area contributed by atoms with Gasteiger partial charge < -0.3 is 0 Å². The molecule has 64 valence electrons. The van der Waals surface area contributed by atoms with Crippen LogP contribution < -0.4 is 0 Å². The average Bonchev–Trinajstić information content (AvgIpc) is 2.47. The molecule has 0 radical (unpaired) electrons. The fourth-order valence-corrected chi connectivity index (χ4v) is 1.05. The first-order valence-electron chi connectivity index (χ1n) is 3.57. The lowest BCUT2D eigenvalue weighted by molar-refractivity contribution is 0.703. The molecular formula is C7H9ClN4. The number of aryl methyl sites for hydroxylation is 1. The van der Waals surface area contributed by atoms with Crippen LogP contribution in [-0.4, -0.2) is 20.9 Å². The van der Waals surface area contributed by atoms with Gasteiger partial charge >= 0.3 is 0 Å². The second-order valence-electron chi connectivity index (χ2n) is 2.57. The van der Waals surface area contributed by atoms with E-state index in [4.69, 9.17) is 16.9 Å². The molecule has 5 heteroatoms. The average molecular weight is 185 g/mol. The van der Waals surface area contributed by atoms with Crippen LogP contribution in [0.25, 0.3) is 0 Å².